The zero-order chi connectivity index (χ0) is 15.3. The summed E-state index contributed by atoms with van der Waals surface area (Å²) in [4.78, 5) is 0. The first-order valence-electron chi connectivity index (χ1n) is 6.51. The molecule has 0 saturated heterocycles. The molecule has 1 rings (SSSR count). The number of hydrogen-bond donors (Lipinski definition) is 0. The lowest BCUT2D eigenvalue weighted by molar-refractivity contribution is 0.281. The highest BCUT2D eigenvalue weighted by atomic mass is 79.9. The van der Waals surface area contributed by atoms with Gasteiger partial charge in [0.2, 0.25) is 9.05 Å². The molecule has 3 nitrogen and oxygen atoms in total. The first-order chi connectivity index (χ1) is 9.19. The molecule has 0 aromatic heterocycles. The van der Waals surface area contributed by atoms with E-state index in [1.54, 1.807) is 0 Å². The van der Waals surface area contributed by atoms with Crippen LogP contribution in [0, 0.1) is 19.8 Å². The fourth-order valence-electron chi connectivity index (χ4n) is 1.85. The average molecular weight is 384 g/mol. The van der Waals surface area contributed by atoms with Crippen LogP contribution in [0.15, 0.2) is 16.6 Å². The Bertz CT molecular complexity index is 535. The van der Waals surface area contributed by atoms with Gasteiger partial charge in [-0.15, -0.1) is 0 Å². The Morgan fingerprint density at radius 2 is 1.80 bits per heavy atom. The lowest BCUT2D eigenvalue weighted by atomic mass is 10.1. The van der Waals surface area contributed by atoms with E-state index < -0.39 is 9.05 Å². The molecule has 0 fully saturated rings. The molecular weight excluding hydrogens is 364 g/mol. The van der Waals surface area contributed by atoms with Gasteiger partial charge in [-0.25, -0.2) is 8.42 Å². The highest BCUT2D eigenvalue weighted by Crippen LogP contribution is 2.26. The van der Waals surface area contributed by atoms with Crippen molar-refractivity contribution in [2.24, 2.45) is 5.92 Å². The predicted octanol–water partition coefficient (Wildman–Crippen LogP) is 4.43. The third-order valence-corrected chi connectivity index (χ3v) is 5.58. The summed E-state index contributed by atoms with van der Waals surface area (Å²) in [7, 11) is 1.81. The second-order valence-electron chi connectivity index (χ2n) is 5.15. The monoisotopic (exact) mass is 382 g/mol. The van der Waals surface area contributed by atoms with Crippen LogP contribution in [0.2, 0.25) is 0 Å². The van der Waals surface area contributed by atoms with Gasteiger partial charge in [0, 0.05) is 15.2 Å². The quantitative estimate of drug-likeness (QED) is 0.654. The summed E-state index contributed by atoms with van der Waals surface area (Å²) in [5.74, 6) is 1.13. The van der Waals surface area contributed by atoms with Crippen LogP contribution in [0.4, 0.5) is 0 Å². The molecule has 0 aliphatic heterocycles. The third kappa shape index (κ3) is 6.46. The van der Waals surface area contributed by atoms with E-state index in [0.29, 0.717) is 13.0 Å². The van der Waals surface area contributed by atoms with Crippen LogP contribution < -0.4 is 4.74 Å². The second-order valence-corrected chi connectivity index (χ2v) is 8.83. The van der Waals surface area contributed by atoms with Gasteiger partial charge in [0.25, 0.3) is 0 Å². The first-order valence-corrected chi connectivity index (χ1v) is 9.78. The molecule has 0 N–H and O–H groups in total. The topological polar surface area (TPSA) is 43.4 Å². The van der Waals surface area contributed by atoms with Crippen molar-refractivity contribution in [2.45, 2.75) is 33.6 Å². The smallest absolute Gasteiger partial charge is 0.232 e. The summed E-state index contributed by atoms with van der Waals surface area (Å²) < 4.78 is 28.6. The van der Waals surface area contributed by atoms with Gasteiger partial charge in [-0.2, -0.15) is 0 Å². The molecule has 1 unspecified atom stereocenters. The Labute approximate surface area is 134 Å². The van der Waals surface area contributed by atoms with Crippen LogP contribution in [0.5, 0.6) is 5.75 Å². The van der Waals surface area contributed by atoms with Crippen molar-refractivity contribution in [1.29, 1.82) is 0 Å². The maximum Gasteiger partial charge on any atom is 0.232 e. The van der Waals surface area contributed by atoms with E-state index in [0.717, 1.165) is 27.8 Å². The van der Waals surface area contributed by atoms with E-state index in [4.69, 9.17) is 15.4 Å². The van der Waals surface area contributed by atoms with Crippen molar-refractivity contribution in [3.8, 4) is 5.75 Å². The van der Waals surface area contributed by atoms with E-state index in [1.807, 2.05) is 32.9 Å². The maximum atomic E-state index is 10.9. The molecule has 0 saturated carbocycles. The summed E-state index contributed by atoms with van der Waals surface area (Å²) in [6, 6.07) is 3.98. The normalized spacial score (nSPS) is 13.2. The molecule has 1 atom stereocenters. The first kappa shape index (κ1) is 17.8. The molecule has 0 aliphatic carbocycles. The lowest BCUT2D eigenvalue weighted by Crippen LogP contribution is -2.08. The minimum absolute atomic E-state index is 0.0201. The van der Waals surface area contributed by atoms with Crippen LogP contribution in [-0.2, 0) is 9.05 Å². The fourth-order valence-corrected chi connectivity index (χ4v) is 3.03. The number of rotatable bonds is 7. The average Bonchev–Trinajstić information content (AvgIpc) is 2.32. The highest BCUT2D eigenvalue weighted by Gasteiger charge is 2.10. The largest absolute Gasteiger partial charge is 0.494 e. The SMILES string of the molecule is Cc1cc(OCCC(C)CCS(=O)(=O)Cl)cc(C)c1Br. The van der Waals surface area contributed by atoms with Crippen molar-refractivity contribution in [2.75, 3.05) is 12.4 Å². The van der Waals surface area contributed by atoms with E-state index in [1.165, 1.54) is 0 Å². The number of benzene rings is 1. The number of hydrogen-bond acceptors (Lipinski definition) is 3. The molecule has 1 aromatic rings. The van der Waals surface area contributed by atoms with Gasteiger partial charge in [0.1, 0.15) is 5.75 Å². The van der Waals surface area contributed by atoms with E-state index in [-0.39, 0.29) is 11.7 Å². The summed E-state index contributed by atoms with van der Waals surface area (Å²) in [6.45, 7) is 6.63. The number of ether oxygens (including phenoxy) is 1. The number of halogens is 2. The lowest BCUT2D eigenvalue weighted by Gasteiger charge is -2.13. The van der Waals surface area contributed by atoms with Crippen LogP contribution in [0.25, 0.3) is 0 Å². The minimum Gasteiger partial charge on any atom is -0.494 e. The zero-order valence-corrected chi connectivity index (χ0v) is 15.1. The molecule has 1 aromatic carbocycles. The third-order valence-electron chi connectivity index (χ3n) is 3.14. The van der Waals surface area contributed by atoms with Gasteiger partial charge < -0.3 is 4.74 Å². The van der Waals surface area contributed by atoms with Gasteiger partial charge in [-0.05, 0) is 55.9 Å². The molecule has 0 amide bonds. The summed E-state index contributed by atoms with van der Waals surface area (Å²) in [6.07, 6.45) is 1.37. The van der Waals surface area contributed by atoms with Crippen molar-refractivity contribution >= 4 is 35.7 Å². The van der Waals surface area contributed by atoms with Crippen LogP contribution in [0.3, 0.4) is 0 Å². The highest BCUT2D eigenvalue weighted by molar-refractivity contribution is 9.10. The standard InChI is InChI=1S/C14H20BrClO3S/c1-10(5-7-20(16,17)18)4-6-19-13-8-11(2)14(15)12(3)9-13/h8-10H,4-7H2,1-3H3. The van der Waals surface area contributed by atoms with E-state index in [2.05, 4.69) is 15.9 Å². The van der Waals surface area contributed by atoms with Gasteiger partial charge >= 0.3 is 0 Å². The Balaban J connectivity index is 2.41. The molecular formula is C14H20BrClO3S. The Kier molecular flexibility index (Phi) is 6.82. The van der Waals surface area contributed by atoms with Crippen molar-refractivity contribution in [3.05, 3.63) is 27.7 Å². The molecule has 0 heterocycles. The van der Waals surface area contributed by atoms with Crippen molar-refractivity contribution < 1.29 is 13.2 Å². The second kappa shape index (κ2) is 7.66. The molecule has 20 heavy (non-hydrogen) atoms. The maximum absolute atomic E-state index is 10.9. The summed E-state index contributed by atoms with van der Waals surface area (Å²) in [5.41, 5.74) is 2.28. The van der Waals surface area contributed by atoms with Crippen molar-refractivity contribution in [1.82, 2.24) is 0 Å². The minimum atomic E-state index is -3.39. The van der Waals surface area contributed by atoms with Gasteiger partial charge in [0.15, 0.2) is 0 Å². The van der Waals surface area contributed by atoms with Crippen LogP contribution in [-0.4, -0.2) is 20.8 Å². The molecule has 114 valence electrons. The van der Waals surface area contributed by atoms with Gasteiger partial charge in [0.05, 0.1) is 12.4 Å². The summed E-state index contributed by atoms with van der Waals surface area (Å²) in [5, 5.41) is 0. The zero-order valence-electron chi connectivity index (χ0n) is 11.9. The molecule has 0 bridgehead atoms. The molecule has 6 heteroatoms. The Hall–Kier alpha value is -0.260. The summed E-state index contributed by atoms with van der Waals surface area (Å²) >= 11 is 3.52. The van der Waals surface area contributed by atoms with Gasteiger partial charge in [-0.3, -0.25) is 0 Å². The van der Waals surface area contributed by atoms with Crippen LogP contribution in [0.1, 0.15) is 30.9 Å². The molecule has 0 aliphatic rings. The Morgan fingerprint density at radius 3 is 2.30 bits per heavy atom. The number of aryl methyl sites for hydroxylation is 2. The van der Waals surface area contributed by atoms with E-state index >= 15 is 0 Å². The Morgan fingerprint density at radius 1 is 1.25 bits per heavy atom. The predicted molar refractivity (Wildman–Crippen MR) is 87.1 cm³/mol. The molecule has 0 spiro atoms. The molecule has 0 radical (unpaired) electrons. The van der Waals surface area contributed by atoms with E-state index in [9.17, 15) is 8.42 Å². The van der Waals surface area contributed by atoms with Gasteiger partial charge in [-0.1, -0.05) is 22.9 Å². The van der Waals surface area contributed by atoms with Crippen molar-refractivity contribution in [3.63, 3.8) is 0 Å². The van der Waals surface area contributed by atoms with Crippen LogP contribution >= 0.6 is 26.6 Å². The fraction of sp³-hybridized carbons (Fsp3) is 0.571.